The van der Waals surface area contributed by atoms with Crippen molar-refractivity contribution in [3.05, 3.63) is 42.0 Å². The van der Waals surface area contributed by atoms with Gasteiger partial charge in [-0.05, 0) is 25.5 Å². The van der Waals surface area contributed by atoms with E-state index in [1.807, 2.05) is 0 Å². The van der Waals surface area contributed by atoms with Gasteiger partial charge < -0.3 is 0 Å². The van der Waals surface area contributed by atoms with E-state index in [1.54, 1.807) is 26.0 Å². The van der Waals surface area contributed by atoms with Gasteiger partial charge in [-0.2, -0.15) is 13.2 Å². The van der Waals surface area contributed by atoms with Gasteiger partial charge in [-0.15, -0.1) is 0 Å². The van der Waals surface area contributed by atoms with Crippen LogP contribution in [-0.4, -0.2) is 20.6 Å². The highest BCUT2D eigenvalue weighted by atomic mass is 32.2. The molecule has 1 aromatic rings. The van der Waals surface area contributed by atoms with Crippen molar-refractivity contribution in [1.82, 2.24) is 4.72 Å². The Hall–Kier alpha value is -1.34. The van der Waals surface area contributed by atoms with Crippen molar-refractivity contribution >= 4 is 10.0 Å². The van der Waals surface area contributed by atoms with Crippen molar-refractivity contribution < 1.29 is 21.6 Å². The third-order valence-corrected chi connectivity index (χ3v) is 4.48. The van der Waals surface area contributed by atoms with Crippen LogP contribution in [-0.2, 0) is 10.0 Å². The zero-order valence-electron chi connectivity index (χ0n) is 11.9. The number of alkyl halides is 3. The summed E-state index contributed by atoms with van der Waals surface area (Å²) >= 11 is 0. The number of aryl methyl sites for hydroxylation is 1. The number of halogens is 3. The summed E-state index contributed by atoms with van der Waals surface area (Å²) in [6.45, 7) is 6.45. The number of sulfonamides is 1. The number of hydrogen-bond donors (Lipinski definition) is 1. The third-order valence-electron chi connectivity index (χ3n) is 2.99. The quantitative estimate of drug-likeness (QED) is 0.814. The Morgan fingerprint density at radius 2 is 1.81 bits per heavy atom. The molecular weight excluding hydrogens is 303 g/mol. The van der Waals surface area contributed by atoms with Gasteiger partial charge in [0.25, 0.3) is 0 Å². The van der Waals surface area contributed by atoms with Crippen LogP contribution < -0.4 is 4.72 Å². The number of benzene rings is 1. The molecule has 0 aliphatic carbocycles. The molecule has 118 valence electrons. The first-order valence-corrected chi connectivity index (χ1v) is 7.91. The highest BCUT2D eigenvalue weighted by molar-refractivity contribution is 7.89. The fourth-order valence-electron chi connectivity index (χ4n) is 1.76. The summed E-state index contributed by atoms with van der Waals surface area (Å²) in [4.78, 5) is -0.0656. The van der Waals surface area contributed by atoms with Crippen LogP contribution in [0.4, 0.5) is 13.2 Å². The number of rotatable bonds is 6. The lowest BCUT2D eigenvalue weighted by atomic mass is 10.1. The van der Waals surface area contributed by atoms with E-state index in [9.17, 15) is 21.6 Å². The minimum Gasteiger partial charge on any atom is -0.207 e. The Morgan fingerprint density at radius 1 is 1.29 bits per heavy atom. The Balaban J connectivity index is 3.02. The summed E-state index contributed by atoms with van der Waals surface area (Å²) in [7, 11) is -4.01. The van der Waals surface area contributed by atoms with Crippen molar-refractivity contribution in [2.45, 2.75) is 43.8 Å². The molecule has 1 rings (SSSR count). The van der Waals surface area contributed by atoms with E-state index in [-0.39, 0.29) is 11.3 Å². The van der Waals surface area contributed by atoms with E-state index in [1.165, 1.54) is 12.1 Å². The Kier molecular flexibility index (Phi) is 5.58. The summed E-state index contributed by atoms with van der Waals surface area (Å²) in [5.41, 5.74) is -0.223. The highest BCUT2D eigenvalue weighted by Crippen LogP contribution is 2.29. The minimum atomic E-state index is -4.63. The van der Waals surface area contributed by atoms with E-state index >= 15 is 0 Å². The molecule has 0 heterocycles. The van der Waals surface area contributed by atoms with Gasteiger partial charge in [-0.25, -0.2) is 13.1 Å². The predicted molar refractivity (Wildman–Crippen MR) is 75.4 cm³/mol. The van der Waals surface area contributed by atoms with Gasteiger partial charge in [0, 0.05) is 5.57 Å². The standard InChI is InChI=1S/C14H18F3NO2S/c1-4-5-13(11(3)14(15,16)17)18-21(19,20)12-8-6-10(2)7-9-12/h6-9,13,18H,3-5H2,1-2H3. The second-order valence-electron chi connectivity index (χ2n) is 4.80. The topological polar surface area (TPSA) is 46.2 Å². The second-order valence-corrected chi connectivity index (χ2v) is 6.51. The van der Waals surface area contributed by atoms with Gasteiger partial charge in [0.1, 0.15) is 0 Å². The Bertz CT molecular complexity index is 592. The Labute approximate surface area is 122 Å². The molecule has 0 aromatic heterocycles. The summed E-state index contributed by atoms with van der Waals surface area (Å²) in [6, 6.07) is 4.53. The van der Waals surface area contributed by atoms with Gasteiger partial charge >= 0.3 is 6.18 Å². The first-order chi connectivity index (χ1) is 9.58. The van der Waals surface area contributed by atoms with Crippen LogP contribution in [0.25, 0.3) is 0 Å². The lowest BCUT2D eigenvalue weighted by Gasteiger charge is -2.22. The molecule has 0 bridgehead atoms. The fraction of sp³-hybridized carbons (Fsp3) is 0.429. The zero-order chi connectivity index (χ0) is 16.3. The molecule has 1 unspecified atom stereocenters. The largest absolute Gasteiger partial charge is 0.413 e. The molecule has 1 N–H and O–H groups in total. The molecule has 0 saturated heterocycles. The molecule has 0 radical (unpaired) electrons. The van der Waals surface area contributed by atoms with Gasteiger partial charge in [0.15, 0.2) is 0 Å². The van der Waals surface area contributed by atoms with E-state index < -0.39 is 27.8 Å². The summed E-state index contributed by atoms with van der Waals surface area (Å²) in [5, 5.41) is 0. The molecule has 7 heteroatoms. The van der Waals surface area contributed by atoms with Gasteiger partial charge in [-0.1, -0.05) is 37.6 Å². The summed E-state index contributed by atoms with van der Waals surface area (Å²) in [6.07, 6.45) is -4.20. The average molecular weight is 321 g/mol. The molecule has 1 aromatic carbocycles. The maximum atomic E-state index is 12.7. The van der Waals surface area contributed by atoms with Gasteiger partial charge in [-0.3, -0.25) is 0 Å². The second kappa shape index (κ2) is 6.62. The minimum absolute atomic E-state index is 0.0312. The van der Waals surface area contributed by atoms with Crippen LogP contribution in [0.15, 0.2) is 41.3 Å². The first-order valence-electron chi connectivity index (χ1n) is 6.43. The lowest BCUT2D eigenvalue weighted by molar-refractivity contribution is -0.0957. The van der Waals surface area contributed by atoms with E-state index in [4.69, 9.17) is 0 Å². The van der Waals surface area contributed by atoms with Gasteiger partial charge in [0.2, 0.25) is 10.0 Å². The molecule has 0 amide bonds. The van der Waals surface area contributed by atoms with Crippen LogP contribution in [0.5, 0.6) is 0 Å². The van der Waals surface area contributed by atoms with E-state index in [0.717, 1.165) is 5.56 Å². The highest BCUT2D eigenvalue weighted by Gasteiger charge is 2.38. The van der Waals surface area contributed by atoms with E-state index in [2.05, 4.69) is 11.3 Å². The Morgan fingerprint density at radius 3 is 2.24 bits per heavy atom. The number of hydrogen-bond acceptors (Lipinski definition) is 2. The zero-order valence-corrected chi connectivity index (χ0v) is 12.7. The lowest BCUT2D eigenvalue weighted by Crippen LogP contribution is -2.39. The van der Waals surface area contributed by atoms with Crippen molar-refractivity contribution in [2.75, 3.05) is 0 Å². The molecule has 0 aliphatic heterocycles. The average Bonchev–Trinajstić information content (AvgIpc) is 2.36. The monoisotopic (exact) mass is 321 g/mol. The maximum absolute atomic E-state index is 12.7. The van der Waals surface area contributed by atoms with Crippen molar-refractivity contribution in [3.8, 4) is 0 Å². The van der Waals surface area contributed by atoms with Crippen LogP contribution in [0.3, 0.4) is 0 Å². The van der Waals surface area contributed by atoms with Crippen LogP contribution in [0.1, 0.15) is 25.3 Å². The first kappa shape index (κ1) is 17.7. The molecule has 0 spiro atoms. The van der Waals surface area contributed by atoms with Crippen LogP contribution in [0.2, 0.25) is 0 Å². The maximum Gasteiger partial charge on any atom is 0.413 e. The molecule has 0 saturated carbocycles. The molecule has 0 aliphatic rings. The molecule has 3 nitrogen and oxygen atoms in total. The molecule has 1 atom stereocenters. The van der Waals surface area contributed by atoms with Gasteiger partial charge in [0.05, 0.1) is 10.9 Å². The SMILES string of the molecule is C=C(C(CCC)NS(=O)(=O)c1ccc(C)cc1)C(F)(F)F. The van der Waals surface area contributed by atoms with E-state index in [0.29, 0.717) is 6.42 Å². The molecule has 0 fully saturated rings. The van der Waals surface area contributed by atoms with Crippen LogP contribution in [0, 0.1) is 6.92 Å². The number of nitrogens with one attached hydrogen (secondary N) is 1. The third kappa shape index (κ3) is 4.86. The predicted octanol–water partition coefficient (Wildman–Crippen LogP) is 3.56. The normalized spacial score (nSPS) is 14.0. The van der Waals surface area contributed by atoms with Crippen LogP contribution >= 0.6 is 0 Å². The molecular formula is C14H18F3NO2S. The van der Waals surface area contributed by atoms with Crippen molar-refractivity contribution in [1.29, 1.82) is 0 Å². The smallest absolute Gasteiger partial charge is 0.207 e. The summed E-state index contributed by atoms with van der Waals surface area (Å²) in [5.74, 6) is 0. The fourth-order valence-corrected chi connectivity index (χ4v) is 3.03. The van der Waals surface area contributed by atoms with Crippen molar-refractivity contribution in [3.63, 3.8) is 0 Å². The summed E-state index contributed by atoms with van der Waals surface area (Å²) < 4.78 is 64.5. The molecule has 21 heavy (non-hydrogen) atoms. The van der Waals surface area contributed by atoms with Crippen molar-refractivity contribution in [2.24, 2.45) is 0 Å².